The summed E-state index contributed by atoms with van der Waals surface area (Å²) in [5.74, 6) is 0.260. The number of hydrogen-bond donors (Lipinski definition) is 2. The lowest BCUT2D eigenvalue weighted by atomic mass is 9.95. The number of carbonyl (C=O) groups excluding carboxylic acids is 1. The minimum Gasteiger partial charge on any atom is -0.409 e. The van der Waals surface area contributed by atoms with E-state index in [1.165, 1.54) is 0 Å². The summed E-state index contributed by atoms with van der Waals surface area (Å²) >= 11 is 0. The van der Waals surface area contributed by atoms with Gasteiger partial charge in [-0.3, -0.25) is 4.79 Å². The zero-order chi connectivity index (χ0) is 14.7. The van der Waals surface area contributed by atoms with Crippen LogP contribution in [0, 0.1) is 19.8 Å². The summed E-state index contributed by atoms with van der Waals surface area (Å²) < 4.78 is 0. The number of nitrogens with two attached hydrogens (primary N) is 1. The molecule has 7 nitrogen and oxygen atoms in total. The third-order valence-corrected chi connectivity index (χ3v) is 3.65. The number of carbonyl (C=O) groups is 1. The second-order valence-corrected chi connectivity index (χ2v) is 5.08. The lowest BCUT2D eigenvalue weighted by Crippen LogP contribution is -2.42. The van der Waals surface area contributed by atoms with E-state index in [1.54, 1.807) is 17.9 Å². The number of amidine groups is 1. The van der Waals surface area contributed by atoms with Crippen molar-refractivity contribution in [2.45, 2.75) is 26.7 Å². The van der Waals surface area contributed by atoms with Crippen LogP contribution in [-0.2, 0) is 0 Å². The second-order valence-electron chi connectivity index (χ2n) is 5.08. The molecule has 1 aliphatic rings. The van der Waals surface area contributed by atoms with Gasteiger partial charge in [-0.1, -0.05) is 5.16 Å². The van der Waals surface area contributed by atoms with Crippen LogP contribution in [0.15, 0.2) is 11.2 Å². The van der Waals surface area contributed by atoms with Crippen LogP contribution in [0.2, 0.25) is 0 Å². The molecule has 0 unspecified atom stereocenters. The molecule has 0 atom stereocenters. The molecule has 1 aromatic rings. The van der Waals surface area contributed by atoms with E-state index in [-0.39, 0.29) is 17.7 Å². The van der Waals surface area contributed by atoms with Crippen molar-refractivity contribution in [3.8, 4) is 0 Å². The van der Waals surface area contributed by atoms with E-state index >= 15 is 0 Å². The van der Waals surface area contributed by atoms with Gasteiger partial charge in [0, 0.05) is 19.0 Å². The van der Waals surface area contributed by atoms with Gasteiger partial charge < -0.3 is 15.8 Å². The largest absolute Gasteiger partial charge is 0.409 e. The number of likely N-dealkylation sites (tertiary alicyclic amines) is 1. The Morgan fingerprint density at radius 1 is 1.40 bits per heavy atom. The molecular weight excluding hydrogens is 258 g/mol. The van der Waals surface area contributed by atoms with Crippen molar-refractivity contribution in [3.63, 3.8) is 0 Å². The average Bonchev–Trinajstić information content (AvgIpc) is 2.48. The Hall–Kier alpha value is -2.18. The quantitative estimate of drug-likeness (QED) is 0.358. The lowest BCUT2D eigenvalue weighted by Gasteiger charge is -2.31. The van der Waals surface area contributed by atoms with E-state index in [9.17, 15) is 4.79 Å². The van der Waals surface area contributed by atoms with E-state index < -0.39 is 0 Å². The Kier molecular flexibility index (Phi) is 4.16. The molecule has 2 heterocycles. The third-order valence-electron chi connectivity index (χ3n) is 3.65. The molecule has 0 spiro atoms. The highest BCUT2D eigenvalue weighted by molar-refractivity contribution is 5.95. The highest BCUT2D eigenvalue weighted by atomic mass is 16.4. The summed E-state index contributed by atoms with van der Waals surface area (Å²) in [6.07, 6.45) is 1.41. The summed E-state index contributed by atoms with van der Waals surface area (Å²) in [6.45, 7) is 4.79. The van der Waals surface area contributed by atoms with Gasteiger partial charge in [0.15, 0.2) is 0 Å². The van der Waals surface area contributed by atoms with Crippen LogP contribution in [-0.4, -0.2) is 45.1 Å². The molecule has 1 amide bonds. The van der Waals surface area contributed by atoms with Gasteiger partial charge in [0.25, 0.3) is 5.91 Å². The number of oxime groups is 1. The fraction of sp³-hybridized carbons (Fsp3) is 0.538. The fourth-order valence-electron chi connectivity index (χ4n) is 2.40. The third kappa shape index (κ3) is 2.87. The molecule has 0 aromatic carbocycles. The number of rotatable bonds is 2. The van der Waals surface area contributed by atoms with Gasteiger partial charge in [-0.15, -0.1) is 0 Å². The maximum absolute atomic E-state index is 12.5. The number of piperidine rings is 1. The predicted molar refractivity (Wildman–Crippen MR) is 73.5 cm³/mol. The van der Waals surface area contributed by atoms with Crippen LogP contribution in [0.5, 0.6) is 0 Å². The highest BCUT2D eigenvalue weighted by Crippen LogP contribution is 2.20. The second kappa shape index (κ2) is 5.85. The van der Waals surface area contributed by atoms with Crippen LogP contribution in [0.3, 0.4) is 0 Å². The molecule has 1 fully saturated rings. The minimum absolute atomic E-state index is 0.0292. The predicted octanol–water partition coefficient (Wildman–Crippen LogP) is 0.692. The van der Waals surface area contributed by atoms with Crippen LogP contribution in [0.4, 0.5) is 0 Å². The first-order valence-corrected chi connectivity index (χ1v) is 6.60. The smallest absolute Gasteiger partial charge is 0.255 e. The van der Waals surface area contributed by atoms with E-state index in [2.05, 4.69) is 15.4 Å². The van der Waals surface area contributed by atoms with Gasteiger partial charge >= 0.3 is 0 Å². The van der Waals surface area contributed by atoms with E-state index in [1.807, 2.05) is 6.92 Å². The van der Waals surface area contributed by atoms with Gasteiger partial charge in [-0.05, 0) is 32.8 Å². The number of aryl methyl sites for hydroxylation is 2. The topological polar surface area (TPSA) is 105 Å². The van der Waals surface area contributed by atoms with Crippen LogP contribution >= 0.6 is 0 Å². The molecule has 1 aliphatic heterocycles. The van der Waals surface area contributed by atoms with Crippen molar-refractivity contribution < 1.29 is 10.0 Å². The summed E-state index contributed by atoms with van der Waals surface area (Å²) in [4.78, 5) is 14.2. The van der Waals surface area contributed by atoms with Crippen LogP contribution in [0.1, 0.15) is 34.6 Å². The Labute approximate surface area is 117 Å². The van der Waals surface area contributed by atoms with Crippen molar-refractivity contribution in [1.82, 2.24) is 15.1 Å². The summed E-state index contributed by atoms with van der Waals surface area (Å²) in [5, 5.41) is 19.6. The fourth-order valence-corrected chi connectivity index (χ4v) is 2.40. The summed E-state index contributed by atoms with van der Waals surface area (Å²) in [7, 11) is 0. The molecule has 0 aliphatic carbocycles. The highest BCUT2D eigenvalue weighted by Gasteiger charge is 2.26. The van der Waals surface area contributed by atoms with E-state index in [4.69, 9.17) is 10.9 Å². The number of nitrogens with zero attached hydrogens (tertiary/aromatic N) is 4. The molecular formula is C13H19N5O2. The maximum atomic E-state index is 12.5. The zero-order valence-electron chi connectivity index (χ0n) is 11.7. The van der Waals surface area contributed by atoms with Crippen LogP contribution < -0.4 is 5.73 Å². The normalized spacial score (nSPS) is 17.3. The number of amides is 1. The molecule has 0 bridgehead atoms. The van der Waals surface area contributed by atoms with Gasteiger partial charge in [0.2, 0.25) is 0 Å². The summed E-state index contributed by atoms with van der Waals surface area (Å²) in [6, 6.07) is 1.76. The van der Waals surface area contributed by atoms with Crippen molar-refractivity contribution in [3.05, 3.63) is 23.0 Å². The molecule has 2 rings (SSSR count). The Morgan fingerprint density at radius 3 is 2.65 bits per heavy atom. The first-order chi connectivity index (χ1) is 9.52. The molecule has 108 valence electrons. The first-order valence-electron chi connectivity index (χ1n) is 6.60. The van der Waals surface area contributed by atoms with E-state index in [0.717, 1.165) is 5.69 Å². The molecule has 1 aromatic heterocycles. The van der Waals surface area contributed by atoms with Gasteiger partial charge in [-0.25, -0.2) is 0 Å². The van der Waals surface area contributed by atoms with Crippen molar-refractivity contribution >= 4 is 11.7 Å². The summed E-state index contributed by atoms with van der Waals surface area (Å²) in [5.41, 5.74) is 7.57. The monoisotopic (exact) mass is 277 g/mol. The number of aromatic nitrogens is 2. The average molecular weight is 277 g/mol. The van der Waals surface area contributed by atoms with Crippen molar-refractivity contribution in [2.24, 2.45) is 16.8 Å². The Balaban J connectivity index is 2.07. The Morgan fingerprint density at radius 2 is 2.05 bits per heavy atom. The standard InChI is InChI=1S/C13H19N5O2/c1-8-7-11(9(2)16-15-8)13(19)18-5-3-10(4-6-18)12(14)17-20/h7,10,20H,3-6H2,1-2H3,(H2,14,17). The lowest BCUT2D eigenvalue weighted by molar-refractivity contribution is 0.0707. The zero-order valence-corrected chi connectivity index (χ0v) is 11.7. The van der Waals surface area contributed by atoms with Crippen LogP contribution in [0.25, 0.3) is 0 Å². The molecule has 0 radical (unpaired) electrons. The van der Waals surface area contributed by atoms with Gasteiger partial charge in [0.1, 0.15) is 5.84 Å². The van der Waals surface area contributed by atoms with Crippen molar-refractivity contribution in [1.29, 1.82) is 0 Å². The minimum atomic E-state index is -0.0292. The SMILES string of the molecule is Cc1cc(C(=O)N2CCC(/C(N)=N/O)CC2)c(C)nn1. The van der Waals surface area contributed by atoms with Crippen molar-refractivity contribution in [2.75, 3.05) is 13.1 Å². The molecule has 7 heteroatoms. The van der Waals surface area contributed by atoms with Gasteiger partial charge in [-0.2, -0.15) is 10.2 Å². The maximum Gasteiger partial charge on any atom is 0.255 e. The Bertz CT molecular complexity index is 536. The molecule has 3 N–H and O–H groups in total. The molecule has 1 saturated heterocycles. The molecule has 0 saturated carbocycles. The van der Waals surface area contributed by atoms with Gasteiger partial charge in [0.05, 0.1) is 17.0 Å². The first kappa shape index (κ1) is 14.2. The number of hydrogen-bond acceptors (Lipinski definition) is 5. The van der Waals surface area contributed by atoms with E-state index in [0.29, 0.717) is 37.2 Å². The molecule has 20 heavy (non-hydrogen) atoms.